The maximum Gasteiger partial charge on any atom is 0.222 e. The summed E-state index contributed by atoms with van der Waals surface area (Å²) in [5, 5.41) is 11.2. The molecule has 2 aromatic rings. The minimum atomic E-state index is -1.07. The number of aliphatic hydroxyl groups is 1. The highest BCUT2D eigenvalue weighted by Gasteiger charge is 2.33. The summed E-state index contributed by atoms with van der Waals surface area (Å²) in [7, 11) is 0. The van der Waals surface area contributed by atoms with Crippen molar-refractivity contribution in [3.8, 4) is 11.5 Å². The molecule has 2 heterocycles. The van der Waals surface area contributed by atoms with Crippen molar-refractivity contribution in [1.82, 2.24) is 9.80 Å². The molecule has 1 atom stereocenters. The molecule has 2 aliphatic heterocycles. The molecule has 0 saturated carbocycles. The van der Waals surface area contributed by atoms with E-state index in [0.29, 0.717) is 32.7 Å². The lowest BCUT2D eigenvalue weighted by molar-refractivity contribution is -0.133. The fourth-order valence-electron chi connectivity index (χ4n) is 4.56. The Morgan fingerprint density at radius 1 is 1.00 bits per heavy atom. The normalized spacial score (nSPS) is 21.5. The summed E-state index contributed by atoms with van der Waals surface area (Å²) in [6.07, 6.45) is 3.64. The average molecular weight is 483 g/mol. The quantitative estimate of drug-likeness (QED) is 0.524. The smallest absolute Gasteiger partial charge is 0.222 e. The molecule has 190 valence electrons. The van der Waals surface area contributed by atoms with E-state index in [1.54, 1.807) is 0 Å². The highest BCUT2D eigenvalue weighted by Crippen LogP contribution is 2.20. The number of carbonyl (C=O) groups is 1. The summed E-state index contributed by atoms with van der Waals surface area (Å²) in [4.78, 5) is 16.0. The Morgan fingerprint density at radius 3 is 2.51 bits per heavy atom. The van der Waals surface area contributed by atoms with Gasteiger partial charge in [0.05, 0.1) is 19.8 Å². The second kappa shape index (κ2) is 12.4. The van der Waals surface area contributed by atoms with Gasteiger partial charge in [-0.2, -0.15) is 0 Å². The molecular formula is C28H38N2O5. The summed E-state index contributed by atoms with van der Waals surface area (Å²) in [5.41, 5.74) is 1.26. The predicted molar refractivity (Wildman–Crippen MR) is 135 cm³/mol. The van der Waals surface area contributed by atoms with Gasteiger partial charge in [-0.3, -0.25) is 9.69 Å². The number of carbonyl (C=O) groups excluding carboxylic acids is 1. The van der Waals surface area contributed by atoms with E-state index in [2.05, 4.69) is 17.0 Å². The van der Waals surface area contributed by atoms with Gasteiger partial charge >= 0.3 is 0 Å². The molecule has 4 rings (SSSR count). The molecule has 1 amide bonds. The summed E-state index contributed by atoms with van der Waals surface area (Å²) >= 11 is 0. The number of rotatable bonds is 10. The second-order valence-corrected chi connectivity index (χ2v) is 9.77. The van der Waals surface area contributed by atoms with E-state index in [4.69, 9.17) is 14.2 Å². The summed E-state index contributed by atoms with van der Waals surface area (Å²) < 4.78 is 17.4. The number of nitrogens with zero attached hydrogens (tertiary/aromatic N) is 2. The molecular weight excluding hydrogens is 444 g/mol. The van der Waals surface area contributed by atoms with Crippen molar-refractivity contribution in [1.29, 1.82) is 0 Å². The number of ether oxygens (including phenoxy) is 3. The minimum Gasteiger partial charge on any atom is -0.494 e. The van der Waals surface area contributed by atoms with Gasteiger partial charge in [0.15, 0.2) is 0 Å². The predicted octanol–water partition coefficient (Wildman–Crippen LogP) is 3.42. The zero-order valence-electron chi connectivity index (χ0n) is 20.8. The SMILES string of the molecule is Cc1ccc(OCC2(O)COCCN(Cc3ccc(OCCCN4CCCCC4=O)cc3)C2)cc1. The van der Waals surface area contributed by atoms with Crippen molar-refractivity contribution in [2.75, 3.05) is 52.6 Å². The number of aryl methyl sites for hydroxylation is 1. The van der Waals surface area contributed by atoms with E-state index in [-0.39, 0.29) is 19.1 Å². The molecule has 0 bridgehead atoms. The van der Waals surface area contributed by atoms with Crippen molar-refractivity contribution in [2.24, 2.45) is 0 Å². The molecule has 1 unspecified atom stereocenters. The number of benzene rings is 2. The van der Waals surface area contributed by atoms with Crippen LogP contribution in [0.2, 0.25) is 0 Å². The number of amides is 1. The number of hydrogen-bond donors (Lipinski definition) is 1. The monoisotopic (exact) mass is 482 g/mol. The molecule has 0 spiro atoms. The first-order chi connectivity index (χ1) is 17.0. The maximum atomic E-state index is 11.9. The van der Waals surface area contributed by atoms with Gasteiger partial charge in [-0.1, -0.05) is 29.8 Å². The van der Waals surface area contributed by atoms with E-state index in [1.165, 1.54) is 5.56 Å². The number of likely N-dealkylation sites (tertiary alicyclic amines) is 1. The number of piperidine rings is 1. The van der Waals surface area contributed by atoms with Gasteiger partial charge in [0.2, 0.25) is 5.91 Å². The van der Waals surface area contributed by atoms with Crippen LogP contribution in [0, 0.1) is 6.92 Å². The lowest BCUT2D eigenvalue weighted by Gasteiger charge is -2.30. The van der Waals surface area contributed by atoms with Crippen LogP contribution < -0.4 is 9.47 Å². The van der Waals surface area contributed by atoms with Crippen LogP contribution in [0.4, 0.5) is 0 Å². The highest BCUT2D eigenvalue weighted by atomic mass is 16.5. The Hall–Kier alpha value is -2.61. The van der Waals surface area contributed by atoms with Gasteiger partial charge in [0, 0.05) is 39.1 Å². The van der Waals surface area contributed by atoms with Crippen molar-refractivity contribution in [3.63, 3.8) is 0 Å². The third-order valence-corrected chi connectivity index (χ3v) is 6.56. The van der Waals surface area contributed by atoms with Gasteiger partial charge in [0.25, 0.3) is 0 Å². The third kappa shape index (κ3) is 7.95. The molecule has 0 radical (unpaired) electrons. The van der Waals surface area contributed by atoms with Crippen LogP contribution >= 0.6 is 0 Å². The maximum absolute atomic E-state index is 11.9. The van der Waals surface area contributed by atoms with Crippen LogP contribution in [0.25, 0.3) is 0 Å². The molecule has 7 nitrogen and oxygen atoms in total. The van der Waals surface area contributed by atoms with Gasteiger partial charge in [-0.15, -0.1) is 0 Å². The molecule has 2 aliphatic rings. The van der Waals surface area contributed by atoms with E-state index >= 15 is 0 Å². The largest absolute Gasteiger partial charge is 0.494 e. The Bertz CT molecular complexity index is 933. The van der Waals surface area contributed by atoms with Crippen molar-refractivity contribution in [2.45, 2.75) is 44.8 Å². The summed E-state index contributed by atoms with van der Waals surface area (Å²) in [5.74, 6) is 1.85. The fourth-order valence-corrected chi connectivity index (χ4v) is 4.56. The van der Waals surface area contributed by atoms with Gasteiger partial charge in [-0.25, -0.2) is 0 Å². The van der Waals surface area contributed by atoms with E-state index in [1.807, 2.05) is 48.2 Å². The zero-order chi connectivity index (χ0) is 24.5. The molecule has 2 aromatic carbocycles. The van der Waals surface area contributed by atoms with E-state index in [9.17, 15) is 9.90 Å². The van der Waals surface area contributed by atoms with Crippen molar-refractivity contribution < 1.29 is 24.1 Å². The molecule has 0 aromatic heterocycles. The van der Waals surface area contributed by atoms with Crippen LogP contribution in [0.1, 0.15) is 36.8 Å². The molecule has 2 fully saturated rings. The highest BCUT2D eigenvalue weighted by molar-refractivity contribution is 5.76. The van der Waals surface area contributed by atoms with Crippen LogP contribution in [0.5, 0.6) is 11.5 Å². The minimum absolute atomic E-state index is 0.183. The lowest BCUT2D eigenvalue weighted by atomic mass is 10.1. The lowest BCUT2D eigenvalue weighted by Crippen LogP contribution is -2.48. The van der Waals surface area contributed by atoms with Crippen LogP contribution in [0.15, 0.2) is 48.5 Å². The fraction of sp³-hybridized carbons (Fsp3) is 0.536. The third-order valence-electron chi connectivity index (χ3n) is 6.56. The Morgan fingerprint density at radius 2 is 1.74 bits per heavy atom. The Balaban J connectivity index is 1.22. The zero-order valence-corrected chi connectivity index (χ0v) is 20.8. The van der Waals surface area contributed by atoms with Crippen molar-refractivity contribution >= 4 is 5.91 Å². The first kappa shape index (κ1) is 25.5. The molecule has 0 aliphatic carbocycles. The molecule has 7 heteroatoms. The summed E-state index contributed by atoms with van der Waals surface area (Å²) in [6, 6.07) is 15.9. The van der Waals surface area contributed by atoms with E-state index in [0.717, 1.165) is 56.0 Å². The first-order valence-electron chi connectivity index (χ1n) is 12.7. The number of hydrogen-bond acceptors (Lipinski definition) is 6. The second-order valence-electron chi connectivity index (χ2n) is 9.77. The topological polar surface area (TPSA) is 71.5 Å². The van der Waals surface area contributed by atoms with Gasteiger partial charge < -0.3 is 24.2 Å². The van der Waals surface area contributed by atoms with Crippen LogP contribution in [0.3, 0.4) is 0 Å². The summed E-state index contributed by atoms with van der Waals surface area (Å²) in [6.45, 7) is 7.24. The average Bonchev–Trinajstić information content (AvgIpc) is 3.05. The first-order valence-corrected chi connectivity index (χ1v) is 12.7. The molecule has 1 N–H and O–H groups in total. The molecule has 2 saturated heterocycles. The van der Waals surface area contributed by atoms with E-state index < -0.39 is 5.60 Å². The number of β-amino-alcohol motifs (C(OH)–C–C–N with tert-alkyl or cyclic N) is 1. The van der Waals surface area contributed by atoms with Crippen LogP contribution in [-0.4, -0.2) is 79.0 Å². The van der Waals surface area contributed by atoms with Crippen LogP contribution in [-0.2, 0) is 16.1 Å². The standard InChI is InChI=1S/C28H38N2O5/c1-23-6-10-26(11-7-23)35-22-28(32)20-29(16-18-33-21-28)19-24-8-12-25(13-9-24)34-17-4-15-30-14-3-2-5-27(30)31/h6-13,32H,2-5,14-22H2,1H3. The molecule has 35 heavy (non-hydrogen) atoms. The van der Waals surface area contributed by atoms with Crippen molar-refractivity contribution in [3.05, 3.63) is 59.7 Å². The van der Waals surface area contributed by atoms with Gasteiger partial charge in [0.1, 0.15) is 23.7 Å². The Labute approximate surface area is 208 Å². The Kier molecular flexibility index (Phi) is 9.01. The van der Waals surface area contributed by atoms with Gasteiger partial charge in [-0.05, 0) is 56.0 Å².